The van der Waals surface area contributed by atoms with Crippen molar-refractivity contribution < 1.29 is 0 Å². The van der Waals surface area contributed by atoms with Gasteiger partial charge in [0.2, 0.25) is 5.95 Å². The zero-order valence-electron chi connectivity index (χ0n) is 31.5. The lowest BCUT2D eigenvalue weighted by molar-refractivity contribution is 1.01. The normalized spacial score (nSPS) is 12.4. The molecule has 0 saturated carbocycles. The summed E-state index contributed by atoms with van der Waals surface area (Å²) in [5.74, 6) is 1.81. The molecule has 274 valence electrons. The Morgan fingerprint density at radius 3 is 1.71 bits per heavy atom. The van der Waals surface area contributed by atoms with Gasteiger partial charge in [-0.15, -0.1) is 11.3 Å². The number of nitrogens with zero attached hydrogens (tertiary/aromatic N) is 5. The summed E-state index contributed by atoms with van der Waals surface area (Å²) in [6.07, 6.45) is 0. The van der Waals surface area contributed by atoms with Gasteiger partial charge in [-0.05, 0) is 46.2 Å². The quantitative estimate of drug-likeness (QED) is 0.179. The highest BCUT2D eigenvalue weighted by molar-refractivity contribution is 7.27. The third-order valence-corrected chi connectivity index (χ3v) is 13.1. The first-order valence-electron chi connectivity index (χ1n) is 19.9. The maximum atomic E-state index is 5.40. The van der Waals surface area contributed by atoms with Crippen LogP contribution >= 0.6 is 11.3 Å². The van der Waals surface area contributed by atoms with Gasteiger partial charge in [0.1, 0.15) is 0 Å². The van der Waals surface area contributed by atoms with E-state index in [2.05, 4.69) is 173 Å². The molecular formula is C53H31N5S. The third-order valence-electron chi connectivity index (χ3n) is 11.9. The molecule has 4 heterocycles. The van der Waals surface area contributed by atoms with Crippen molar-refractivity contribution in [3.63, 3.8) is 0 Å². The van der Waals surface area contributed by atoms with Crippen molar-refractivity contribution >= 4 is 92.2 Å². The maximum absolute atomic E-state index is 5.40. The maximum Gasteiger partial charge on any atom is 0.238 e. The Morgan fingerprint density at radius 2 is 0.949 bits per heavy atom. The number of fused-ring (bicyclic) bond motifs is 14. The van der Waals surface area contributed by atoms with E-state index in [-0.39, 0.29) is 0 Å². The van der Waals surface area contributed by atoms with Gasteiger partial charge in [0.25, 0.3) is 0 Å². The van der Waals surface area contributed by atoms with Gasteiger partial charge in [0.05, 0.1) is 28.1 Å². The Bertz CT molecular complexity index is 3660. The topological polar surface area (TPSA) is 46.8 Å². The minimum atomic E-state index is 0.568. The van der Waals surface area contributed by atoms with Gasteiger partial charge >= 0.3 is 0 Å². The lowest BCUT2D eigenvalue weighted by atomic mass is 9.97. The van der Waals surface area contributed by atoms with Crippen LogP contribution in [0.4, 0.5) is 17.3 Å². The molecule has 0 fully saturated rings. The molecule has 6 heteroatoms. The highest BCUT2D eigenvalue weighted by Crippen LogP contribution is 2.55. The molecule has 0 N–H and O–H groups in total. The number of para-hydroxylation sites is 2. The fraction of sp³-hybridized carbons (Fsp3) is 0. The lowest BCUT2D eigenvalue weighted by Gasteiger charge is -2.32. The fourth-order valence-corrected chi connectivity index (χ4v) is 10.6. The Labute approximate surface area is 342 Å². The average Bonchev–Trinajstić information content (AvgIpc) is 3.87. The van der Waals surface area contributed by atoms with E-state index in [9.17, 15) is 0 Å². The summed E-state index contributed by atoms with van der Waals surface area (Å²) in [5, 5.41) is 9.86. The largest absolute Gasteiger partial charge is 0.304 e. The van der Waals surface area contributed by atoms with Crippen molar-refractivity contribution in [2.75, 3.05) is 4.90 Å². The zero-order chi connectivity index (χ0) is 38.6. The van der Waals surface area contributed by atoms with Crippen LogP contribution in [0.5, 0.6) is 0 Å². The van der Waals surface area contributed by atoms with Gasteiger partial charge < -0.3 is 4.57 Å². The van der Waals surface area contributed by atoms with Crippen LogP contribution in [0.1, 0.15) is 0 Å². The molecule has 0 unspecified atom stereocenters. The number of benzene rings is 9. The first-order chi connectivity index (χ1) is 29.3. The summed E-state index contributed by atoms with van der Waals surface area (Å²) in [6.45, 7) is 0. The number of hydrogen-bond donors (Lipinski definition) is 0. The summed E-state index contributed by atoms with van der Waals surface area (Å²) in [7, 11) is 0. The Hall–Kier alpha value is -7.67. The second-order valence-corrected chi connectivity index (χ2v) is 16.2. The van der Waals surface area contributed by atoms with Crippen LogP contribution in [0.15, 0.2) is 188 Å². The van der Waals surface area contributed by atoms with Crippen LogP contribution < -0.4 is 4.90 Å². The summed E-state index contributed by atoms with van der Waals surface area (Å²) in [5.41, 5.74) is 9.68. The molecule has 13 rings (SSSR count). The second-order valence-electron chi connectivity index (χ2n) is 15.2. The number of anilines is 3. The van der Waals surface area contributed by atoms with Gasteiger partial charge in [-0.2, -0.15) is 9.97 Å². The number of thiophene rings is 1. The van der Waals surface area contributed by atoms with Crippen molar-refractivity contribution in [1.29, 1.82) is 0 Å². The summed E-state index contributed by atoms with van der Waals surface area (Å²) in [4.78, 5) is 18.2. The predicted molar refractivity (Wildman–Crippen MR) is 247 cm³/mol. The molecule has 0 amide bonds. The summed E-state index contributed by atoms with van der Waals surface area (Å²) >= 11 is 1.89. The van der Waals surface area contributed by atoms with Crippen LogP contribution in [-0.2, 0) is 0 Å². The fourth-order valence-electron chi connectivity index (χ4n) is 9.35. The lowest BCUT2D eigenvalue weighted by Crippen LogP contribution is -2.21. The van der Waals surface area contributed by atoms with E-state index in [1.807, 2.05) is 35.6 Å². The van der Waals surface area contributed by atoms with Crippen molar-refractivity contribution in [1.82, 2.24) is 19.5 Å². The SMILES string of the molecule is c1ccc(-c2ccc(-c3nc(-c4ccccc4)nc(N4c5ccccc5-n5c6c4c4ccccc4cc6c4c6ccccc6c6sc7ccccc7c6c45)n3)cc2)cc1. The second kappa shape index (κ2) is 12.4. The van der Waals surface area contributed by atoms with Gasteiger partial charge in [0, 0.05) is 52.8 Å². The number of hydrogen-bond acceptors (Lipinski definition) is 5. The highest BCUT2D eigenvalue weighted by atomic mass is 32.1. The Morgan fingerprint density at radius 1 is 0.390 bits per heavy atom. The number of rotatable bonds is 4. The molecule has 9 aromatic carbocycles. The van der Waals surface area contributed by atoms with Crippen molar-refractivity contribution in [2.45, 2.75) is 0 Å². The molecule has 12 aromatic rings. The molecule has 0 saturated heterocycles. The molecule has 0 bridgehead atoms. The van der Waals surface area contributed by atoms with Gasteiger partial charge in [-0.25, -0.2) is 4.98 Å². The van der Waals surface area contributed by atoms with E-state index in [1.165, 1.54) is 52.8 Å². The van der Waals surface area contributed by atoms with Crippen molar-refractivity contribution in [2.24, 2.45) is 0 Å². The third kappa shape index (κ3) is 4.69. The molecular weight excluding hydrogens is 739 g/mol. The van der Waals surface area contributed by atoms with Gasteiger partial charge in [0.15, 0.2) is 11.6 Å². The monoisotopic (exact) mass is 769 g/mol. The zero-order valence-corrected chi connectivity index (χ0v) is 32.4. The number of aromatic nitrogens is 4. The molecule has 3 aromatic heterocycles. The van der Waals surface area contributed by atoms with Crippen LogP contribution in [0, 0.1) is 0 Å². The highest BCUT2D eigenvalue weighted by Gasteiger charge is 2.34. The van der Waals surface area contributed by atoms with Crippen LogP contribution in [0.3, 0.4) is 0 Å². The van der Waals surface area contributed by atoms with Crippen LogP contribution in [-0.4, -0.2) is 19.5 Å². The molecule has 1 aliphatic heterocycles. The van der Waals surface area contributed by atoms with E-state index < -0.39 is 0 Å². The Kier molecular flexibility index (Phi) is 6.82. The summed E-state index contributed by atoms with van der Waals surface area (Å²) in [6, 6.07) is 66.9. The van der Waals surface area contributed by atoms with Crippen molar-refractivity contribution in [3.05, 3.63) is 188 Å². The molecule has 0 radical (unpaired) electrons. The van der Waals surface area contributed by atoms with E-state index in [4.69, 9.17) is 15.0 Å². The standard InChI is InChI=1S/C53H31N5S/c1-3-15-32(16-4-1)33-27-29-35(30-28-33)52-54-51(34-17-5-2-6-18-34)55-53(56-52)58-43-25-13-12-24-42(43)57-48-41(31-36-19-7-8-20-37(36)47(48)58)45-38-21-9-10-22-39(38)50-46(49(45)57)40-23-11-14-26-44(40)59-50/h1-31H. The van der Waals surface area contributed by atoms with Crippen LogP contribution in [0.25, 0.3) is 103 Å². The molecule has 5 nitrogen and oxygen atoms in total. The first-order valence-corrected chi connectivity index (χ1v) is 20.7. The smallest absolute Gasteiger partial charge is 0.238 e. The first kappa shape index (κ1) is 32.4. The molecule has 1 aliphatic rings. The molecule has 0 spiro atoms. The van der Waals surface area contributed by atoms with Crippen LogP contribution in [0.2, 0.25) is 0 Å². The predicted octanol–water partition coefficient (Wildman–Crippen LogP) is 14.4. The van der Waals surface area contributed by atoms with Gasteiger partial charge in [-0.3, -0.25) is 4.90 Å². The molecule has 0 aliphatic carbocycles. The van der Waals surface area contributed by atoms with E-state index >= 15 is 0 Å². The average molecular weight is 770 g/mol. The minimum absolute atomic E-state index is 0.568. The van der Waals surface area contributed by atoms with E-state index in [0.717, 1.165) is 50.0 Å². The van der Waals surface area contributed by atoms with Gasteiger partial charge in [-0.1, -0.05) is 164 Å². The molecule has 0 atom stereocenters. The van der Waals surface area contributed by atoms with E-state index in [0.29, 0.717) is 17.6 Å². The van der Waals surface area contributed by atoms with Crippen molar-refractivity contribution in [3.8, 4) is 39.6 Å². The molecule has 59 heavy (non-hydrogen) atoms. The summed E-state index contributed by atoms with van der Waals surface area (Å²) < 4.78 is 5.14. The minimum Gasteiger partial charge on any atom is -0.304 e. The van der Waals surface area contributed by atoms with E-state index in [1.54, 1.807) is 0 Å². The Balaban J connectivity index is 1.17.